The van der Waals surface area contributed by atoms with Crippen LogP contribution >= 0.6 is 0 Å². The summed E-state index contributed by atoms with van der Waals surface area (Å²) in [6, 6.07) is 6.27. The van der Waals surface area contributed by atoms with Crippen molar-refractivity contribution in [3.05, 3.63) is 47.6 Å². The third kappa shape index (κ3) is 6.53. The molecule has 1 aliphatic heterocycles. The van der Waals surface area contributed by atoms with Gasteiger partial charge in [0.25, 0.3) is 0 Å². The lowest BCUT2D eigenvalue weighted by Gasteiger charge is -2.36. The highest BCUT2D eigenvalue weighted by atomic mass is 16.6. The Morgan fingerprint density at radius 2 is 1.93 bits per heavy atom. The van der Waals surface area contributed by atoms with Crippen LogP contribution in [-0.2, 0) is 11.2 Å². The molecule has 0 spiro atoms. The standard InChI is InChI=1S/C34H47N3O3/c1-23-5-2-10-27(17-23)30-21-28(31(34(38)39)18-25-7-4-8-25)20-29(30)22-37-15-13-24(14-16-37)6-3-9-26-11-12-32-33(19-26)36-40-35-32/h2,5,10-12,19,23-25,28-31H,3-4,6-9,13-18,20-22H2,1H3,(H,38,39)/t23?,28?,29-,30-,31?/m1/s1. The van der Waals surface area contributed by atoms with E-state index in [4.69, 9.17) is 4.63 Å². The van der Waals surface area contributed by atoms with Crippen LogP contribution in [0.2, 0.25) is 0 Å². The lowest BCUT2D eigenvalue weighted by atomic mass is 9.74. The molecule has 2 aromatic rings. The van der Waals surface area contributed by atoms with Gasteiger partial charge in [0.15, 0.2) is 0 Å². The number of aryl methyl sites for hydroxylation is 1. The lowest BCUT2D eigenvalue weighted by molar-refractivity contribution is -0.144. The number of hydrogen-bond acceptors (Lipinski definition) is 5. The van der Waals surface area contributed by atoms with E-state index in [1.54, 1.807) is 5.57 Å². The summed E-state index contributed by atoms with van der Waals surface area (Å²) in [5.74, 6) is 2.84. The molecule has 3 aliphatic carbocycles. The molecule has 40 heavy (non-hydrogen) atoms. The van der Waals surface area contributed by atoms with Crippen molar-refractivity contribution in [2.24, 2.45) is 41.4 Å². The fourth-order valence-electron chi connectivity index (χ4n) is 8.25. The van der Waals surface area contributed by atoms with Gasteiger partial charge in [-0.25, -0.2) is 4.63 Å². The van der Waals surface area contributed by atoms with E-state index in [2.05, 4.69) is 52.5 Å². The molecule has 3 unspecified atom stereocenters. The quantitative estimate of drug-likeness (QED) is 0.319. The molecule has 6 heteroatoms. The number of benzene rings is 1. The third-order valence-corrected chi connectivity index (χ3v) is 10.8. The number of fused-ring (bicyclic) bond motifs is 1. The van der Waals surface area contributed by atoms with Gasteiger partial charge in [-0.3, -0.25) is 4.79 Å². The Bertz CT molecular complexity index is 1210. The van der Waals surface area contributed by atoms with Crippen LogP contribution in [0, 0.1) is 41.4 Å². The molecule has 1 aromatic heterocycles. The first kappa shape index (κ1) is 27.7. The largest absolute Gasteiger partial charge is 0.481 e. The van der Waals surface area contributed by atoms with Crippen LogP contribution in [-0.4, -0.2) is 45.9 Å². The fourth-order valence-corrected chi connectivity index (χ4v) is 8.25. The van der Waals surface area contributed by atoms with Crippen LogP contribution < -0.4 is 0 Å². The van der Waals surface area contributed by atoms with E-state index in [0.29, 0.717) is 29.6 Å². The number of rotatable bonds is 11. The zero-order valence-electron chi connectivity index (χ0n) is 24.2. The second-order valence-corrected chi connectivity index (χ2v) is 13.6. The maximum Gasteiger partial charge on any atom is 0.306 e. The summed E-state index contributed by atoms with van der Waals surface area (Å²) in [6.07, 6.45) is 21.1. The Kier molecular flexibility index (Phi) is 8.71. The molecule has 5 atom stereocenters. The summed E-state index contributed by atoms with van der Waals surface area (Å²) in [6.45, 7) is 5.84. The average molecular weight is 546 g/mol. The van der Waals surface area contributed by atoms with E-state index in [0.717, 1.165) is 55.6 Å². The number of allylic oxidation sites excluding steroid dienone is 4. The second kappa shape index (κ2) is 12.6. The Morgan fingerprint density at radius 1 is 1.10 bits per heavy atom. The van der Waals surface area contributed by atoms with Gasteiger partial charge < -0.3 is 10.0 Å². The number of hydrogen-bond donors (Lipinski definition) is 1. The van der Waals surface area contributed by atoms with Gasteiger partial charge in [-0.05, 0) is 128 Å². The molecule has 6 nitrogen and oxygen atoms in total. The summed E-state index contributed by atoms with van der Waals surface area (Å²) in [7, 11) is 0. The minimum atomic E-state index is -0.541. The molecule has 1 saturated heterocycles. The van der Waals surface area contributed by atoms with Crippen molar-refractivity contribution in [3.63, 3.8) is 0 Å². The zero-order chi connectivity index (χ0) is 27.5. The van der Waals surface area contributed by atoms with Gasteiger partial charge in [0.2, 0.25) is 0 Å². The van der Waals surface area contributed by atoms with Gasteiger partial charge in [-0.15, -0.1) is 0 Å². The van der Waals surface area contributed by atoms with Crippen LogP contribution in [0.15, 0.2) is 46.6 Å². The Balaban J connectivity index is 1.02. The summed E-state index contributed by atoms with van der Waals surface area (Å²) in [4.78, 5) is 15.1. The van der Waals surface area contributed by atoms with Gasteiger partial charge in [-0.1, -0.05) is 62.5 Å². The van der Waals surface area contributed by atoms with Crippen LogP contribution in [0.25, 0.3) is 11.0 Å². The highest BCUT2D eigenvalue weighted by Gasteiger charge is 2.43. The van der Waals surface area contributed by atoms with Gasteiger partial charge >= 0.3 is 5.97 Å². The summed E-state index contributed by atoms with van der Waals surface area (Å²) >= 11 is 0. The molecule has 0 bridgehead atoms. The molecule has 2 heterocycles. The van der Waals surface area contributed by atoms with Crippen molar-refractivity contribution in [1.29, 1.82) is 0 Å². The SMILES string of the molecule is CC1C=CC=C([C@H]2CC(C(CC3CCC3)C(=O)O)C[C@@H]2CN2CCC(CCCc3ccc4nonc4c3)CC2)C1. The third-order valence-electron chi connectivity index (χ3n) is 10.8. The minimum Gasteiger partial charge on any atom is -0.481 e. The molecule has 1 N–H and O–H groups in total. The van der Waals surface area contributed by atoms with Gasteiger partial charge in [0.05, 0.1) is 5.92 Å². The molecule has 216 valence electrons. The van der Waals surface area contributed by atoms with Crippen LogP contribution in [0.4, 0.5) is 0 Å². The number of nitrogens with zero attached hydrogens (tertiary/aromatic N) is 3. The minimum absolute atomic E-state index is 0.151. The molecular formula is C34H47N3O3. The van der Waals surface area contributed by atoms with Crippen molar-refractivity contribution >= 4 is 17.0 Å². The van der Waals surface area contributed by atoms with Crippen LogP contribution in [0.1, 0.15) is 83.1 Å². The predicted octanol–water partition coefficient (Wildman–Crippen LogP) is 7.31. The highest BCUT2D eigenvalue weighted by molar-refractivity contribution is 5.73. The van der Waals surface area contributed by atoms with E-state index in [1.807, 2.05) is 6.07 Å². The number of likely N-dealkylation sites (tertiary alicyclic amines) is 1. The predicted molar refractivity (Wildman–Crippen MR) is 158 cm³/mol. The van der Waals surface area contributed by atoms with E-state index < -0.39 is 5.97 Å². The lowest BCUT2D eigenvalue weighted by Crippen LogP contribution is -2.38. The smallest absolute Gasteiger partial charge is 0.306 e. The number of carboxylic acid groups (broad SMARTS) is 1. The van der Waals surface area contributed by atoms with Crippen molar-refractivity contribution in [2.75, 3.05) is 19.6 Å². The number of aromatic nitrogens is 2. The van der Waals surface area contributed by atoms with E-state index in [-0.39, 0.29) is 5.92 Å². The van der Waals surface area contributed by atoms with E-state index >= 15 is 0 Å². The van der Waals surface area contributed by atoms with Crippen molar-refractivity contribution in [2.45, 2.75) is 84.0 Å². The first-order valence-electron chi connectivity index (χ1n) is 16.1. The second-order valence-electron chi connectivity index (χ2n) is 13.6. The number of piperidine rings is 1. The number of carboxylic acids is 1. The van der Waals surface area contributed by atoms with Gasteiger partial charge in [0.1, 0.15) is 11.0 Å². The Labute approximate surface area is 239 Å². The summed E-state index contributed by atoms with van der Waals surface area (Å²) in [5.41, 5.74) is 4.59. The Morgan fingerprint density at radius 3 is 2.67 bits per heavy atom. The normalized spacial score (nSPS) is 29.0. The van der Waals surface area contributed by atoms with Crippen LogP contribution in [0.3, 0.4) is 0 Å². The highest BCUT2D eigenvalue weighted by Crippen LogP contribution is 2.49. The molecule has 1 aromatic carbocycles. The van der Waals surface area contributed by atoms with Gasteiger partial charge in [0, 0.05) is 6.54 Å². The molecule has 0 radical (unpaired) electrons. The monoisotopic (exact) mass is 545 g/mol. The molecule has 3 fully saturated rings. The van der Waals surface area contributed by atoms with Crippen molar-refractivity contribution < 1.29 is 14.5 Å². The summed E-state index contributed by atoms with van der Waals surface area (Å²) < 4.78 is 4.84. The van der Waals surface area contributed by atoms with E-state index in [1.165, 1.54) is 63.6 Å². The molecule has 0 amide bonds. The van der Waals surface area contributed by atoms with Gasteiger partial charge in [-0.2, -0.15) is 0 Å². The van der Waals surface area contributed by atoms with E-state index in [9.17, 15) is 9.90 Å². The fraction of sp³-hybridized carbons (Fsp3) is 0.676. The maximum absolute atomic E-state index is 12.4. The van der Waals surface area contributed by atoms with Crippen molar-refractivity contribution in [1.82, 2.24) is 15.2 Å². The maximum atomic E-state index is 12.4. The summed E-state index contributed by atoms with van der Waals surface area (Å²) in [5, 5.41) is 18.1. The first-order valence-corrected chi connectivity index (χ1v) is 16.1. The molecule has 2 saturated carbocycles. The Hall–Kier alpha value is -2.47. The number of carbonyl (C=O) groups is 1. The first-order chi connectivity index (χ1) is 19.5. The topological polar surface area (TPSA) is 79.5 Å². The van der Waals surface area contributed by atoms with Crippen molar-refractivity contribution in [3.8, 4) is 0 Å². The zero-order valence-corrected chi connectivity index (χ0v) is 24.2. The molecule has 4 aliphatic rings. The average Bonchev–Trinajstić information content (AvgIpc) is 3.56. The molecule has 6 rings (SSSR count). The number of aliphatic carboxylic acids is 1. The molecular weight excluding hydrogens is 498 g/mol. The van der Waals surface area contributed by atoms with Crippen LogP contribution in [0.5, 0.6) is 0 Å².